The number of hydrogen-bond donors (Lipinski definition) is 2. The van der Waals surface area contributed by atoms with E-state index >= 15 is 0 Å². The van der Waals surface area contributed by atoms with Gasteiger partial charge in [-0.15, -0.1) is 0 Å². The van der Waals surface area contributed by atoms with Gasteiger partial charge in [0.2, 0.25) is 0 Å². The van der Waals surface area contributed by atoms with Gasteiger partial charge in [0.05, 0.1) is 11.6 Å². The Bertz CT molecular complexity index is 336. The largest absolute Gasteiger partial charge is 0.383 e. The van der Waals surface area contributed by atoms with E-state index < -0.39 is 0 Å². The molecule has 0 aliphatic carbocycles. The monoisotopic (exact) mass is 260 g/mol. The van der Waals surface area contributed by atoms with Crippen LogP contribution in [0.5, 0.6) is 0 Å². The van der Waals surface area contributed by atoms with Gasteiger partial charge in [-0.05, 0) is 11.6 Å². The van der Waals surface area contributed by atoms with Crippen LogP contribution in [0.4, 0.5) is 4.39 Å². The summed E-state index contributed by atoms with van der Waals surface area (Å²) in [6.45, 7) is 3.75. The van der Waals surface area contributed by atoms with Crippen molar-refractivity contribution in [1.29, 1.82) is 0 Å². The third-order valence-electron chi connectivity index (χ3n) is 2.31. The summed E-state index contributed by atoms with van der Waals surface area (Å²) >= 11 is 5.83. The van der Waals surface area contributed by atoms with Crippen LogP contribution in [0.1, 0.15) is 5.56 Å². The van der Waals surface area contributed by atoms with Crippen LogP contribution in [0.3, 0.4) is 0 Å². The number of nitrogens with one attached hydrogen (secondary N) is 2. The van der Waals surface area contributed by atoms with E-state index in [0.29, 0.717) is 13.2 Å². The van der Waals surface area contributed by atoms with E-state index in [1.54, 1.807) is 13.2 Å². The third-order valence-corrected chi connectivity index (χ3v) is 2.73. The zero-order valence-corrected chi connectivity index (χ0v) is 10.7. The quantitative estimate of drug-likeness (QED) is 0.700. The van der Waals surface area contributed by atoms with Gasteiger partial charge in [-0.25, -0.2) is 4.39 Å². The van der Waals surface area contributed by atoms with E-state index in [9.17, 15) is 4.39 Å². The molecule has 0 spiro atoms. The predicted octanol–water partition coefficient (Wildman–Crippen LogP) is 1.80. The van der Waals surface area contributed by atoms with Crippen LogP contribution in [0.25, 0.3) is 0 Å². The molecule has 17 heavy (non-hydrogen) atoms. The van der Waals surface area contributed by atoms with E-state index in [2.05, 4.69) is 10.6 Å². The van der Waals surface area contributed by atoms with Crippen LogP contribution in [-0.2, 0) is 11.3 Å². The van der Waals surface area contributed by atoms with Crippen LogP contribution in [0.15, 0.2) is 18.2 Å². The van der Waals surface area contributed by atoms with Crippen LogP contribution in [0.2, 0.25) is 5.02 Å². The molecule has 0 saturated heterocycles. The van der Waals surface area contributed by atoms with Crippen molar-refractivity contribution < 1.29 is 9.13 Å². The lowest BCUT2D eigenvalue weighted by Crippen LogP contribution is -2.29. The van der Waals surface area contributed by atoms with Crippen molar-refractivity contribution >= 4 is 11.6 Å². The topological polar surface area (TPSA) is 33.3 Å². The molecule has 0 aromatic heterocycles. The van der Waals surface area contributed by atoms with Crippen LogP contribution in [0, 0.1) is 5.82 Å². The van der Waals surface area contributed by atoms with Crippen molar-refractivity contribution in [3.05, 3.63) is 34.6 Å². The standard InChI is InChI=1S/C12H18ClFN2O/c1-17-8-7-15-5-6-16-9-10-3-2-4-11(14)12(10)13/h2-4,15-16H,5-9H2,1H3. The summed E-state index contributed by atoms with van der Waals surface area (Å²) in [7, 11) is 1.67. The van der Waals surface area contributed by atoms with Gasteiger partial charge in [0.25, 0.3) is 0 Å². The second-order valence-electron chi connectivity index (χ2n) is 3.63. The van der Waals surface area contributed by atoms with Crippen LogP contribution >= 0.6 is 11.6 Å². The summed E-state index contributed by atoms with van der Waals surface area (Å²) in [6.07, 6.45) is 0. The Morgan fingerprint density at radius 1 is 1.24 bits per heavy atom. The highest BCUT2D eigenvalue weighted by Gasteiger charge is 2.04. The van der Waals surface area contributed by atoms with Gasteiger partial charge >= 0.3 is 0 Å². The lowest BCUT2D eigenvalue weighted by atomic mass is 10.2. The van der Waals surface area contributed by atoms with Crippen molar-refractivity contribution in [2.75, 3.05) is 33.4 Å². The number of benzene rings is 1. The first-order valence-electron chi connectivity index (χ1n) is 5.59. The summed E-state index contributed by atoms with van der Waals surface area (Å²) < 4.78 is 18.0. The molecule has 0 heterocycles. The Labute approximate surface area is 106 Å². The molecule has 1 aromatic rings. The minimum absolute atomic E-state index is 0.201. The first-order valence-corrected chi connectivity index (χ1v) is 5.96. The Morgan fingerprint density at radius 3 is 2.76 bits per heavy atom. The highest BCUT2D eigenvalue weighted by Crippen LogP contribution is 2.18. The first kappa shape index (κ1) is 14.4. The van der Waals surface area contributed by atoms with Crippen molar-refractivity contribution in [2.45, 2.75) is 6.54 Å². The number of ether oxygens (including phenoxy) is 1. The Kier molecular flexibility index (Phi) is 7.12. The molecule has 0 unspecified atom stereocenters. The van der Waals surface area contributed by atoms with Crippen molar-refractivity contribution in [3.8, 4) is 0 Å². The fourth-order valence-electron chi connectivity index (χ4n) is 1.38. The molecule has 0 amide bonds. The van der Waals surface area contributed by atoms with Gasteiger partial charge in [0, 0.05) is 33.3 Å². The molecule has 0 atom stereocenters. The molecule has 1 aromatic carbocycles. The predicted molar refractivity (Wildman–Crippen MR) is 67.9 cm³/mol. The fraction of sp³-hybridized carbons (Fsp3) is 0.500. The maximum Gasteiger partial charge on any atom is 0.142 e. The molecule has 0 aliphatic heterocycles. The van der Waals surface area contributed by atoms with Gasteiger partial charge < -0.3 is 15.4 Å². The molecule has 0 saturated carbocycles. The summed E-state index contributed by atoms with van der Waals surface area (Å²) in [5, 5.41) is 6.60. The van der Waals surface area contributed by atoms with E-state index in [0.717, 1.165) is 25.2 Å². The molecule has 2 N–H and O–H groups in total. The maximum absolute atomic E-state index is 13.1. The highest BCUT2D eigenvalue weighted by molar-refractivity contribution is 6.31. The van der Waals surface area contributed by atoms with Gasteiger partial charge in [-0.2, -0.15) is 0 Å². The maximum atomic E-state index is 13.1. The Morgan fingerprint density at radius 2 is 2.00 bits per heavy atom. The zero-order chi connectivity index (χ0) is 12.5. The second-order valence-corrected chi connectivity index (χ2v) is 4.01. The average Bonchev–Trinajstić information content (AvgIpc) is 2.33. The van der Waals surface area contributed by atoms with E-state index in [1.807, 2.05) is 6.07 Å². The van der Waals surface area contributed by atoms with Crippen LogP contribution in [-0.4, -0.2) is 33.4 Å². The summed E-state index contributed by atoms with van der Waals surface area (Å²) in [5.74, 6) is -0.371. The number of hydrogen-bond acceptors (Lipinski definition) is 3. The summed E-state index contributed by atoms with van der Waals surface area (Å²) in [5.41, 5.74) is 0.781. The van der Waals surface area contributed by atoms with Gasteiger partial charge in [0.15, 0.2) is 0 Å². The molecule has 0 radical (unpaired) electrons. The SMILES string of the molecule is COCCNCCNCc1cccc(F)c1Cl. The van der Waals surface area contributed by atoms with Crippen molar-refractivity contribution in [2.24, 2.45) is 0 Å². The molecular weight excluding hydrogens is 243 g/mol. The molecule has 0 aliphatic rings. The smallest absolute Gasteiger partial charge is 0.142 e. The van der Waals surface area contributed by atoms with Crippen LogP contribution < -0.4 is 10.6 Å². The molecule has 5 heteroatoms. The molecule has 0 fully saturated rings. The van der Waals surface area contributed by atoms with Gasteiger partial charge in [-0.3, -0.25) is 0 Å². The Balaban J connectivity index is 2.16. The minimum Gasteiger partial charge on any atom is -0.383 e. The van der Waals surface area contributed by atoms with Crippen molar-refractivity contribution in [1.82, 2.24) is 10.6 Å². The summed E-state index contributed by atoms with van der Waals surface area (Å²) in [4.78, 5) is 0. The summed E-state index contributed by atoms with van der Waals surface area (Å²) in [6, 6.07) is 4.84. The molecule has 96 valence electrons. The van der Waals surface area contributed by atoms with Gasteiger partial charge in [0.1, 0.15) is 5.82 Å². The van der Waals surface area contributed by atoms with Crippen molar-refractivity contribution in [3.63, 3.8) is 0 Å². The van der Waals surface area contributed by atoms with Gasteiger partial charge in [-0.1, -0.05) is 23.7 Å². The van der Waals surface area contributed by atoms with E-state index in [1.165, 1.54) is 6.07 Å². The fourth-order valence-corrected chi connectivity index (χ4v) is 1.58. The van der Waals surface area contributed by atoms with E-state index in [4.69, 9.17) is 16.3 Å². The molecule has 1 rings (SSSR count). The highest BCUT2D eigenvalue weighted by atomic mass is 35.5. The second kappa shape index (κ2) is 8.42. The number of halogens is 2. The number of methoxy groups -OCH3 is 1. The minimum atomic E-state index is -0.371. The lowest BCUT2D eigenvalue weighted by Gasteiger charge is -2.08. The normalized spacial score (nSPS) is 10.8. The Hall–Kier alpha value is -0.680. The number of rotatable bonds is 8. The zero-order valence-electron chi connectivity index (χ0n) is 9.93. The lowest BCUT2D eigenvalue weighted by molar-refractivity contribution is 0.199. The van der Waals surface area contributed by atoms with E-state index in [-0.39, 0.29) is 10.8 Å². The molecular formula is C12H18ClFN2O. The molecule has 0 bridgehead atoms. The average molecular weight is 261 g/mol. The third kappa shape index (κ3) is 5.46. The first-order chi connectivity index (χ1) is 8.25. The molecule has 3 nitrogen and oxygen atoms in total.